The summed E-state index contributed by atoms with van der Waals surface area (Å²) in [6, 6.07) is 1.46. The van der Waals surface area contributed by atoms with Crippen molar-refractivity contribution in [2.75, 3.05) is 0 Å². The largest absolute Gasteiger partial charge is 0.481 e. The second kappa shape index (κ2) is 4.91. The molecule has 1 heterocycles. The van der Waals surface area contributed by atoms with Gasteiger partial charge >= 0.3 is 5.97 Å². The van der Waals surface area contributed by atoms with Gasteiger partial charge in [0.2, 0.25) is 5.95 Å². The van der Waals surface area contributed by atoms with Crippen molar-refractivity contribution in [3.63, 3.8) is 0 Å². The highest BCUT2D eigenvalue weighted by Crippen LogP contribution is 2.14. The Labute approximate surface area is 85.5 Å². The summed E-state index contributed by atoms with van der Waals surface area (Å²) in [6.45, 7) is 0. The molecule has 0 aliphatic carbocycles. The highest BCUT2D eigenvalue weighted by molar-refractivity contribution is 6.30. The van der Waals surface area contributed by atoms with Gasteiger partial charge < -0.3 is 5.11 Å². The molecule has 0 aliphatic rings. The fourth-order valence-corrected chi connectivity index (χ4v) is 1.25. The topological polar surface area (TPSA) is 50.2 Å². The van der Waals surface area contributed by atoms with E-state index in [1.54, 1.807) is 0 Å². The van der Waals surface area contributed by atoms with Crippen LogP contribution in [0, 0.1) is 5.95 Å². The number of carboxylic acids is 1. The van der Waals surface area contributed by atoms with Crippen LogP contribution < -0.4 is 0 Å². The molecule has 14 heavy (non-hydrogen) atoms. The van der Waals surface area contributed by atoms with E-state index in [1.807, 2.05) is 0 Å². The van der Waals surface area contributed by atoms with E-state index in [1.165, 1.54) is 12.3 Å². The zero-order chi connectivity index (χ0) is 10.6. The van der Waals surface area contributed by atoms with Gasteiger partial charge in [0.1, 0.15) is 0 Å². The van der Waals surface area contributed by atoms with Gasteiger partial charge in [-0.05, 0) is 18.9 Å². The molecule has 1 aromatic heterocycles. The minimum absolute atomic E-state index is 0.0198. The van der Waals surface area contributed by atoms with Gasteiger partial charge in [-0.3, -0.25) is 4.79 Å². The number of aromatic nitrogens is 1. The molecule has 0 saturated heterocycles. The Morgan fingerprint density at radius 1 is 1.64 bits per heavy atom. The quantitative estimate of drug-likeness (QED) is 0.788. The number of nitrogens with zero attached hydrogens (tertiary/aromatic N) is 1. The first-order chi connectivity index (χ1) is 6.59. The first-order valence-corrected chi connectivity index (χ1v) is 4.49. The third-order valence-corrected chi connectivity index (χ3v) is 1.92. The van der Waals surface area contributed by atoms with Gasteiger partial charge in [0.05, 0.1) is 5.02 Å². The zero-order valence-electron chi connectivity index (χ0n) is 7.33. The van der Waals surface area contributed by atoms with Crippen LogP contribution >= 0.6 is 11.6 Å². The first kappa shape index (κ1) is 10.9. The molecule has 0 fully saturated rings. The Kier molecular flexibility index (Phi) is 3.83. The van der Waals surface area contributed by atoms with Gasteiger partial charge in [0, 0.05) is 18.2 Å². The summed E-state index contributed by atoms with van der Waals surface area (Å²) in [7, 11) is 0. The standard InChI is InChI=1S/C9H9ClFNO2/c10-7-4-6(9(11)12-5-7)2-1-3-8(13)14/h4-5H,1-3H2,(H,13,14). The van der Waals surface area contributed by atoms with Gasteiger partial charge in [0.15, 0.2) is 0 Å². The van der Waals surface area contributed by atoms with Crippen LogP contribution in [0.3, 0.4) is 0 Å². The molecule has 1 rings (SSSR count). The number of carbonyl (C=O) groups is 1. The predicted octanol–water partition coefficient (Wildman–Crippen LogP) is 2.28. The lowest BCUT2D eigenvalue weighted by Gasteiger charge is -2.01. The fourth-order valence-electron chi connectivity index (χ4n) is 1.07. The minimum Gasteiger partial charge on any atom is -0.481 e. The van der Waals surface area contributed by atoms with E-state index in [-0.39, 0.29) is 6.42 Å². The summed E-state index contributed by atoms with van der Waals surface area (Å²) in [6.07, 6.45) is 1.96. The molecule has 0 amide bonds. The molecule has 0 atom stereocenters. The number of halogens is 2. The number of aliphatic carboxylic acids is 1. The average molecular weight is 218 g/mol. The number of aryl methyl sites for hydroxylation is 1. The van der Waals surface area contributed by atoms with Crippen LogP contribution in [0.5, 0.6) is 0 Å². The number of carboxylic acid groups (broad SMARTS) is 1. The summed E-state index contributed by atoms with van der Waals surface area (Å²) in [5.41, 5.74) is 0.360. The second-order valence-corrected chi connectivity index (χ2v) is 3.29. The normalized spacial score (nSPS) is 10.1. The maximum Gasteiger partial charge on any atom is 0.303 e. The molecule has 0 aliphatic heterocycles. The molecular weight excluding hydrogens is 209 g/mol. The summed E-state index contributed by atoms with van der Waals surface area (Å²) in [4.78, 5) is 13.6. The van der Waals surface area contributed by atoms with Crippen molar-refractivity contribution in [3.8, 4) is 0 Å². The molecule has 0 aromatic carbocycles. The van der Waals surface area contributed by atoms with Gasteiger partial charge in [-0.15, -0.1) is 0 Å². The van der Waals surface area contributed by atoms with E-state index < -0.39 is 11.9 Å². The van der Waals surface area contributed by atoms with E-state index in [0.717, 1.165) is 0 Å². The highest BCUT2D eigenvalue weighted by Gasteiger charge is 2.05. The summed E-state index contributed by atoms with van der Waals surface area (Å²) >= 11 is 5.61. The van der Waals surface area contributed by atoms with Crippen LogP contribution in [0.15, 0.2) is 12.3 Å². The maximum absolute atomic E-state index is 13.0. The van der Waals surface area contributed by atoms with Crippen LogP contribution in [0.2, 0.25) is 5.02 Å². The molecule has 0 radical (unpaired) electrons. The fraction of sp³-hybridized carbons (Fsp3) is 0.333. The van der Waals surface area contributed by atoms with Crippen LogP contribution in [-0.4, -0.2) is 16.1 Å². The van der Waals surface area contributed by atoms with Crippen LogP contribution in [-0.2, 0) is 11.2 Å². The van der Waals surface area contributed by atoms with Crippen LogP contribution in [0.25, 0.3) is 0 Å². The number of rotatable bonds is 4. The maximum atomic E-state index is 13.0. The summed E-state index contributed by atoms with van der Waals surface area (Å²) in [5, 5.41) is 8.74. The Morgan fingerprint density at radius 2 is 2.36 bits per heavy atom. The molecule has 0 spiro atoms. The van der Waals surface area contributed by atoms with Crippen molar-refractivity contribution >= 4 is 17.6 Å². The zero-order valence-corrected chi connectivity index (χ0v) is 8.09. The van der Waals surface area contributed by atoms with Crippen LogP contribution in [0.4, 0.5) is 4.39 Å². The molecule has 3 nitrogen and oxygen atoms in total. The van der Waals surface area contributed by atoms with Gasteiger partial charge in [0.25, 0.3) is 0 Å². The van der Waals surface area contributed by atoms with Gasteiger partial charge in [-0.2, -0.15) is 4.39 Å². The van der Waals surface area contributed by atoms with Crippen molar-refractivity contribution in [3.05, 3.63) is 28.8 Å². The molecule has 0 unspecified atom stereocenters. The van der Waals surface area contributed by atoms with E-state index in [4.69, 9.17) is 16.7 Å². The van der Waals surface area contributed by atoms with Crippen molar-refractivity contribution in [2.24, 2.45) is 0 Å². The molecule has 0 saturated carbocycles. The van der Waals surface area contributed by atoms with Crippen molar-refractivity contribution < 1.29 is 14.3 Å². The first-order valence-electron chi connectivity index (χ1n) is 4.11. The summed E-state index contributed by atoms with van der Waals surface area (Å²) < 4.78 is 13.0. The lowest BCUT2D eigenvalue weighted by atomic mass is 10.1. The van der Waals surface area contributed by atoms with E-state index in [0.29, 0.717) is 23.4 Å². The van der Waals surface area contributed by atoms with Crippen molar-refractivity contribution in [2.45, 2.75) is 19.3 Å². The molecule has 5 heteroatoms. The average Bonchev–Trinajstić information content (AvgIpc) is 2.10. The van der Waals surface area contributed by atoms with Gasteiger partial charge in [-0.25, -0.2) is 4.98 Å². The van der Waals surface area contributed by atoms with Crippen molar-refractivity contribution in [1.29, 1.82) is 0 Å². The Bertz CT molecular complexity index is 344. The number of hydrogen-bond donors (Lipinski definition) is 1. The number of pyridine rings is 1. The van der Waals surface area contributed by atoms with Crippen molar-refractivity contribution in [1.82, 2.24) is 4.98 Å². The highest BCUT2D eigenvalue weighted by atomic mass is 35.5. The Hall–Kier alpha value is -1.16. The monoisotopic (exact) mass is 217 g/mol. The molecule has 1 aromatic rings. The molecule has 76 valence electrons. The smallest absolute Gasteiger partial charge is 0.303 e. The molecular formula is C9H9ClFNO2. The Balaban J connectivity index is 2.57. The predicted molar refractivity (Wildman–Crippen MR) is 49.8 cm³/mol. The lowest BCUT2D eigenvalue weighted by molar-refractivity contribution is -0.137. The second-order valence-electron chi connectivity index (χ2n) is 2.85. The van der Waals surface area contributed by atoms with E-state index in [2.05, 4.69) is 4.98 Å². The lowest BCUT2D eigenvalue weighted by Crippen LogP contribution is -1.98. The van der Waals surface area contributed by atoms with Crippen LogP contribution in [0.1, 0.15) is 18.4 Å². The number of hydrogen-bond acceptors (Lipinski definition) is 2. The molecule has 1 N–H and O–H groups in total. The summed E-state index contributed by atoms with van der Waals surface area (Å²) in [5.74, 6) is -1.47. The van der Waals surface area contributed by atoms with E-state index >= 15 is 0 Å². The third-order valence-electron chi connectivity index (χ3n) is 1.72. The van der Waals surface area contributed by atoms with E-state index in [9.17, 15) is 9.18 Å². The SMILES string of the molecule is O=C(O)CCCc1cc(Cl)cnc1F. The minimum atomic E-state index is -0.889. The molecule has 0 bridgehead atoms. The third kappa shape index (κ3) is 3.30. The Morgan fingerprint density at radius 3 is 3.00 bits per heavy atom. The van der Waals surface area contributed by atoms with Gasteiger partial charge in [-0.1, -0.05) is 11.6 Å².